The Morgan fingerprint density at radius 2 is 1.05 bits per heavy atom. The van der Waals surface area contributed by atoms with Gasteiger partial charge in [0.2, 0.25) is 11.1 Å². The van der Waals surface area contributed by atoms with E-state index in [1.807, 2.05) is 45.7 Å². The summed E-state index contributed by atoms with van der Waals surface area (Å²) in [6.45, 7) is 14.8. The fraction of sp³-hybridized carbons (Fsp3) is 0.323. The van der Waals surface area contributed by atoms with Gasteiger partial charge < -0.3 is 50.1 Å². The van der Waals surface area contributed by atoms with E-state index in [2.05, 4.69) is 159 Å². The van der Waals surface area contributed by atoms with Gasteiger partial charge in [0.15, 0.2) is 0 Å². The molecule has 5 N–H and O–H groups in total. The molecule has 8 aromatic rings. The number of nitrogens with one attached hydrogen (secondary N) is 5. The van der Waals surface area contributed by atoms with Crippen molar-refractivity contribution in [2.24, 2.45) is 0 Å². The first-order valence-electron chi connectivity index (χ1n) is 27.9. The molecule has 16 nitrogen and oxygen atoms in total. The van der Waals surface area contributed by atoms with Gasteiger partial charge in [0.25, 0.3) is 0 Å². The minimum atomic E-state index is -0.0905. The quantitative estimate of drug-likeness (QED) is 0.0580. The number of hydrogen-bond acceptors (Lipinski definition) is 18. The lowest BCUT2D eigenvalue weighted by Gasteiger charge is -2.29. The number of H-pyrrole nitrogens is 2. The molecule has 20 heteroatoms. The second-order valence-corrected chi connectivity index (χ2v) is 24.8. The van der Waals surface area contributed by atoms with Gasteiger partial charge in [-0.1, -0.05) is 78.2 Å². The molecule has 2 atom stereocenters. The van der Waals surface area contributed by atoms with E-state index in [0.717, 1.165) is 132 Å². The molecule has 0 spiro atoms. The van der Waals surface area contributed by atoms with Gasteiger partial charge in [-0.05, 0) is 115 Å². The summed E-state index contributed by atoms with van der Waals surface area (Å²) in [5.41, 5.74) is 11.3. The highest BCUT2D eigenvalue weighted by atomic mass is 32.2. The molecule has 424 valence electrons. The van der Waals surface area contributed by atoms with Gasteiger partial charge in [-0.3, -0.25) is 29.5 Å². The number of pyridine rings is 2. The zero-order valence-electron chi connectivity index (χ0n) is 46.8. The maximum Gasteiger partial charge on any atom is 0.250 e. The van der Waals surface area contributed by atoms with Crippen molar-refractivity contribution in [1.29, 1.82) is 0 Å². The number of aromatic nitrogens is 6. The van der Waals surface area contributed by atoms with Crippen molar-refractivity contribution in [2.75, 3.05) is 107 Å². The van der Waals surface area contributed by atoms with Crippen molar-refractivity contribution >= 4 is 69.8 Å². The minimum absolute atomic E-state index is 0.0503. The number of nitrogens with zero attached hydrogens (tertiary/aromatic N) is 7. The van der Waals surface area contributed by atoms with Crippen LogP contribution in [0.5, 0.6) is 0 Å². The molecule has 2 unspecified atom stereocenters. The van der Waals surface area contributed by atoms with Crippen LogP contribution in [0, 0.1) is 13.8 Å². The fourth-order valence-corrected chi connectivity index (χ4v) is 14.9. The number of benzene rings is 4. The van der Waals surface area contributed by atoms with Gasteiger partial charge in [0.05, 0.1) is 85.1 Å². The van der Waals surface area contributed by atoms with Crippen molar-refractivity contribution in [1.82, 2.24) is 40.1 Å². The van der Waals surface area contributed by atoms with Crippen molar-refractivity contribution < 1.29 is 9.47 Å². The predicted molar refractivity (Wildman–Crippen MR) is 333 cm³/mol. The first-order chi connectivity index (χ1) is 40.0. The van der Waals surface area contributed by atoms with Crippen LogP contribution in [0.15, 0.2) is 171 Å². The lowest BCUT2D eigenvalue weighted by Crippen LogP contribution is -2.36. The third-order valence-electron chi connectivity index (χ3n) is 14.7. The SMILES string of the molecule is CCN(C)CCC(Nc1ccc2c(c1)Sc1cccc(-c3cc(N4CCOCC4)cc(=O)[nH]3)c1S2)c1cnc(C)cn1.CNCCC(Nc1ccc2c(c1)Sc1cccc(-c3cc(N4CCOCC4)cc(=O)[nH]3)c1S2)c1cnc(C)cn1. The van der Waals surface area contributed by atoms with E-state index in [-0.39, 0.29) is 23.2 Å². The Bertz CT molecular complexity index is 3630. The molecule has 4 aliphatic rings. The molecule has 0 saturated carbocycles. The molecule has 12 rings (SSSR count). The van der Waals surface area contributed by atoms with Gasteiger partial charge in [0.1, 0.15) is 0 Å². The molecular formula is C62H68N12O4S4. The van der Waals surface area contributed by atoms with E-state index in [4.69, 9.17) is 9.47 Å². The highest BCUT2D eigenvalue weighted by molar-refractivity contribution is 8.05. The molecule has 4 aromatic carbocycles. The molecule has 2 saturated heterocycles. The summed E-state index contributed by atoms with van der Waals surface area (Å²) < 4.78 is 11.0. The van der Waals surface area contributed by atoms with Crippen LogP contribution in [0.25, 0.3) is 22.5 Å². The summed E-state index contributed by atoms with van der Waals surface area (Å²) in [7, 11) is 4.11. The topological polar surface area (TPSA) is 182 Å². The summed E-state index contributed by atoms with van der Waals surface area (Å²) in [5.74, 6) is 0. The second-order valence-electron chi connectivity index (χ2n) is 20.6. The Morgan fingerprint density at radius 3 is 1.49 bits per heavy atom. The van der Waals surface area contributed by atoms with Gasteiger partial charge in [-0.2, -0.15) is 0 Å². The summed E-state index contributed by atoms with van der Waals surface area (Å²) in [6.07, 6.45) is 9.22. The lowest BCUT2D eigenvalue weighted by atomic mass is 10.1. The summed E-state index contributed by atoms with van der Waals surface area (Å²) in [6, 6.07) is 33.4. The lowest BCUT2D eigenvalue weighted by molar-refractivity contribution is 0.122. The zero-order chi connectivity index (χ0) is 56.5. The fourth-order valence-electron chi connectivity index (χ4n) is 10.1. The molecule has 82 heavy (non-hydrogen) atoms. The van der Waals surface area contributed by atoms with E-state index in [1.54, 1.807) is 59.2 Å². The van der Waals surface area contributed by atoms with Crippen molar-refractivity contribution in [3.05, 3.63) is 165 Å². The van der Waals surface area contributed by atoms with Gasteiger partial charge >= 0.3 is 0 Å². The summed E-state index contributed by atoms with van der Waals surface area (Å²) >= 11 is 7.05. The van der Waals surface area contributed by atoms with Crippen LogP contribution in [-0.2, 0) is 9.47 Å². The normalized spacial score (nSPS) is 15.3. The molecule has 0 radical (unpaired) electrons. The van der Waals surface area contributed by atoms with Crippen LogP contribution < -0.4 is 36.9 Å². The predicted octanol–water partition coefficient (Wildman–Crippen LogP) is 11.4. The standard InChI is InChI=1S/C32H36N6O2S2.C30H32N6O2S2/c1-4-37(3)11-10-25(27-20-33-21(2)19-34-27)35-22-8-9-28-30(16-22)41-29-7-5-6-24(32(29)42-28)26-17-23(18-31(39)36-26)38-12-14-40-15-13-38;1-19-17-33-25(18-32-19)23(8-9-31-2)34-20-6-7-26-28(14-20)39-27-5-3-4-22(30(27)40-26)24-15-21(16-29(37)35-24)36-10-12-38-13-11-36/h5-9,16-20,25,35H,4,10-15H2,1-3H3,(H,36,39);3-7,14-18,23,31,34H,8-13H2,1-2H3,(H,35,37). The maximum atomic E-state index is 12.7. The molecule has 0 amide bonds. The van der Waals surface area contributed by atoms with E-state index in [0.29, 0.717) is 26.4 Å². The number of morpholine rings is 2. The molecule has 4 aromatic heterocycles. The number of anilines is 4. The zero-order valence-corrected chi connectivity index (χ0v) is 50.1. The summed E-state index contributed by atoms with van der Waals surface area (Å²) in [4.78, 5) is 66.1. The van der Waals surface area contributed by atoms with Crippen LogP contribution in [0.2, 0.25) is 0 Å². The smallest absolute Gasteiger partial charge is 0.250 e. The van der Waals surface area contributed by atoms with Crippen molar-refractivity contribution in [2.45, 2.75) is 84.9 Å². The van der Waals surface area contributed by atoms with Crippen LogP contribution in [-0.4, -0.2) is 121 Å². The number of hydrogen-bond donors (Lipinski definition) is 5. The van der Waals surface area contributed by atoms with Crippen molar-refractivity contribution in [3.8, 4) is 22.5 Å². The highest BCUT2D eigenvalue weighted by Gasteiger charge is 2.26. The maximum absolute atomic E-state index is 12.7. The molecule has 0 bridgehead atoms. The van der Waals surface area contributed by atoms with E-state index < -0.39 is 0 Å². The molecule has 0 aliphatic carbocycles. The first-order valence-corrected chi connectivity index (χ1v) is 31.1. The Morgan fingerprint density at radius 1 is 0.573 bits per heavy atom. The number of fused-ring (bicyclic) bond motifs is 4. The molecule has 4 aliphatic heterocycles. The Kier molecular flexibility index (Phi) is 18.7. The molecular weight excluding hydrogens is 1110 g/mol. The Labute approximate surface area is 495 Å². The van der Waals surface area contributed by atoms with Crippen LogP contribution in [0.3, 0.4) is 0 Å². The Hall–Kier alpha value is -6.62. The van der Waals surface area contributed by atoms with E-state index >= 15 is 0 Å². The third-order valence-corrected chi connectivity index (χ3v) is 19.9. The number of aryl methyl sites for hydroxylation is 2. The monoisotopic (exact) mass is 1170 g/mol. The minimum Gasteiger partial charge on any atom is -0.378 e. The average molecular weight is 1170 g/mol. The Balaban J connectivity index is 0.000000172. The third kappa shape index (κ3) is 13.9. The first kappa shape index (κ1) is 57.2. The highest BCUT2D eigenvalue weighted by Crippen LogP contribution is 2.54. The second kappa shape index (κ2) is 26.7. The largest absolute Gasteiger partial charge is 0.378 e. The summed E-state index contributed by atoms with van der Waals surface area (Å²) in [5, 5.41) is 10.7. The van der Waals surface area contributed by atoms with E-state index in [9.17, 15) is 9.59 Å². The molecule has 8 heterocycles. The van der Waals surface area contributed by atoms with E-state index in [1.165, 1.54) is 34.3 Å². The van der Waals surface area contributed by atoms with Gasteiger partial charge in [-0.25, -0.2) is 0 Å². The number of rotatable bonds is 17. The van der Waals surface area contributed by atoms with Crippen LogP contribution >= 0.6 is 47.0 Å². The van der Waals surface area contributed by atoms with Crippen molar-refractivity contribution in [3.63, 3.8) is 0 Å². The molecule has 2 fully saturated rings. The van der Waals surface area contributed by atoms with Gasteiger partial charge in [-0.15, -0.1) is 0 Å². The average Bonchev–Trinajstić information content (AvgIpc) is 3.60. The van der Waals surface area contributed by atoms with Crippen LogP contribution in [0.4, 0.5) is 22.7 Å². The number of ether oxygens (including phenoxy) is 2. The van der Waals surface area contributed by atoms with Crippen LogP contribution in [0.1, 0.15) is 54.6 Å². The number of aromatic amines is 2. The van der Waals surface area contributed by atoms with Gasteiger partial charge in [0, 0.05) is 130 Å².